The minimum atomic E-state index is -0.591. The second kappa shape index (κ2) is 8.77. The van der Waals surface area contributed by atoms with E-state index in [1.165, 1.54) is 44.9 Å². The van der Waals surface area contributed by atoms with Gasteiger partial charge >= 0.3 is 5.97 Å². The highest BCUT2D eigenvalue weighted by atomic mass is 16.4. The maximum Gasteiger partial charge on any atom is 0.306 e. The SMILES string of the molecule is CCCC1CCCC(NCC2CCC(C(=O)O)CC2)CC1. The molecule has 2 rings (SSSR count). The smallest absolute Gasteiger partial charge is 0.306 e. The van der Waals surface area contributed by atoms with Crippen LogP contribution in [0.25, 0.3) is 0 Å². The predicted molar refractivity (Wildman–Crippen MR) is 86.4 cm³/mol. The van der Waals surface area contributed by atoms with E-state index in [4.69, 9.17) is 5.11 Å². The van der Waals surface area contributed by atoms with Crippen LogP contribution in [-0.4, -0.2) is 23.7 Å². The Kier molecular flexibility index (Phi) is 7.01. The fourth-order valence-corrected chi connectivity index (χ4v) is 4.23. The number of aliphatic carboxylic acids is 1. The molecule has 0 radical (unpaired) electrons. The molecule has 21 heavy (non-hydrogen) atoms. The number of nitrogens with one attached hydrogen (secondary N) is 1. The van der Waals surface area contributed by atoms with Crippen LogP contribution in [-0.2, 0) is 4.79 Å². The maximum atomic E-state index is 11.0. The Morgan fingerprint density at radius 3 is 2.38 bits per heavy atom. The van der Waals surface area contributed by atoms with E-state index in [-0.39, 0.29) is 5.92 Å². The van der Waals surface area contributed by atoms with Crippen molar-refractivity contribution >= 4 is 5.97 Å². The van der Waals surface area contributed by atoms with Gasteiger partial charge in [-0.05, 0) is 63.3 Å². The summed E-state index contributed by atoms with van der Waals surface area (Å²) in [7, 11) is 0. The van der Waals surface area contributed by atoms with Crippen molar-refractivity contribution in [2.45, 2.75) is 83.6 Å². The number of hydrogen-bond donors (Lipinski definition) is 2. The van der Waals surface area contributed by atoms with E-state index in [0.717, 1.165) is 38.1 Å². The van der Waals surface area contributed by atoms with Crippen molar-refractivity contribution in [1.82, 2.24) is 5.32 Å². The summed E-state index contributed by atoms with van der Waals surface area (Å²) in [6.45, 7) is 3.41. The molecule has 3 heteroatoms. The first-order valence-electron chi connectivity index (χ1n) is 9.15. The van der Waals surface area contributed by atoms with Crippen LogP contribution in [0.4, 0.5) is 0 Å². The molecule has 2 unspecified atom stereocenters. The van der Waals surface area contributed by atoms with Gasteiger partial charge in [0.15, 0.2) is 0 Å². The van der Waals surface area contributed by atoms with Gasteiger partial charge in [0.05, 0.1) is 5.92 Å². The third kappa shape index (κ3) is 5.61. The lowest BCUT2D eigenvalue weighted by Gasteiger charge is -2.28. The lowest BCUT2D eigenvalue weighted by Crippen LogP contribution is -2.35. The molecular weight excluding hydrogens is 262 g/mol. The Balaban J connectivity index is 1.63. The fourth-order valence-electron chi connectivity index (χ4n) is 4.23. The van der Waals surface area contributed by atoms with Crippen molar-refractivity contribution in [3.05, 3.63) is 0 Å². The first-order valence-corrected chi connectivity index (χ1v) is 9.15. The standard InChI is InChI=1S/C18H33NO2/c1-2-4-14-5-3-6-17(12-9-14)19-13-15-7-10-16(11-8-15)18(20)21/h14-17,19H,2-13H2,1H3,(H,20,21). The summed E-state index contributed by atoms with van der Waals surface area (Å²) in [5, 5.41) is 12.8. The summed E-state index contributed by atoms with van der Waals surface area (Å²) in [4.78, 5) is 11.0. The quantitative estimate of drug-likeness (QED) is 0.721. The Morgan fingerprint density at radius 1 is 1.00 bits per heavy atom. The van der Waals surface area contributed by atoms with Gasteiger partial charge in [-0.15, -0.1) is 0 Å². The van der Waals surface area contributed by atoms with Crippen LogP contribution in [0.5, 0.6) is 0 Å². The number of carbonyl (C=O) groups is 1. The molecule has 0 spiro atoms. The van der Waals surface area contributed by atoms with E-state index in [9.17, 15) is 4.79 Å². The van der Waals surface area contributed by atoms with Gasteiger partial charge in [-0.25, -0.2) is 0 Å². The van der Waals surface area contributed by atoms with Crippen LogP contribution in [0.15, 0.2) is 0 Å². The average Bonchev–Trinajstić information content (AvgIpc) is 2.71. The largest absolute Gasteiger partial charge is 0.481 e. The molecule has 2 N–H and O–H groups in total. The molecule has 0 amide bonds. The van der Waals surface area contributed by atoms with E-state index >= 15 is 0 Å². The number of carboxylic acids is 1. The van der Waals surface area contributed by atoms with Gasteiger partial charge < -0.3 is 10.4 Å². The molecule has 2 aliphatic rings. The van der Waals surface area contributed by atoms with Crippen LogP contribution in [0.1, 0.15) is 77.6 Å². The molecular formula is C18H33NO2. The molecule has 0 aromatic carbocycles. The highest BCUT2D eigenvalue weighted by Gasteiger charge is 2.26. The first kappa shape index (κ1) is 16.8. The molecule has 0 saturated heterocycles. The Labute approximate surface area is 129 Å². The number of rotatable bonds is 6. The van der Waals surface area contributed by atoms with Gasteiger partial charge in [0.2, 0.25) is 0 Å². The van der Waals surface area contributed by atoms with Crippen molar-refractivity contribution in [3.8, 4) is 0 Å². The first-order chi connectivity index (χ1) is 10.2. The van der Waals surface area contributed by atoms with Crippen molar-refractivity contribution in [2.24, 2.45) is 17.8 Å². The second-order valence-electron chi connectivity index (χ2n) is 7.32. The zero-order valence-electron chi connectivity index (χ0n) is 13.7. The van der Waals surface area contributed by atoms with Gasteiger partial charge in [-0.3, -0.25) is 4.79 Å². The van der Waals surface area contributed by atoms with E-state index in [1.54, 1.807) is 0 Å². The molecule has 3 nitrogen and oxygen atoms in total. The fraction of sp³-hybridized carbons (Fsp3) is 0.944. The van der Waals surface area contributed by atoms with Crippen molar-refractivity contribution < 1.29 is 9.90 Å². The molecule has 122 valence electrons. The summed E-state index contributed by atoms with van der Waals surface area (Å²) in [5.74, 6) is 1.00. The molecule has 2 atom stereocenters. The molecule has 0 heterocycles. The highest BCUT2D eigenvalue weighted by Crippen LogP contribution is 2.30. The zero-order chi connectivity index (χ0) is 15.1. The van der Waals surface area contributed by atoms with Crippen molar-refractivity contribution in [3.63, 3.8) is 0 Å². The van der Waals surface area contributed by atoms with Crippen molar-refractivity contribution in [1.29, 1.82) is 0 Å². The van der Waals surface area contributed by atoms with E-state index in [2.05, 4.69) is 12.2 Å². The highest BCUT2D eigenvalue weighted by molar-refractivity contribution is 5.69. The third-order valence-electron chi connectivity index (χ3n) is 5.68. The van der Waals surface area contributed by atoms with Crippen LogP contribution in [0.2, 0.25) is 0 Å². The molecule has 0 aromatic rings. The Bertz CT molecular complexity index is 310. The molecule has 2 saturated carbocycles. The summed E-state index contributed by atoms with van der Waals surface area (Å²) < 4.78 is 0. The van der Waals surface area contributed by atoms with Crippen LogP contribution in [0.3, 0.4) is 0 Å². The monoisotopic (exact) mass is 295 g/mol. The summed E-state index contributed by atoms with van der Waals surface area (Å²) >= 11 is 0. The van der Waals surface area contributed by atoms with Gasteiger partial charge in [-0.1, -0.05) is 32.6 Å². The van der Waals surface area contributed by atoms with E-state index in [1.807, 2.05) is 0 Å². The predicted octanol–water partition coefficient (Wildman–Crippen LogP) is 4.22. The molecule has 2 fully saturated rings. The molecule has 2 aliphatic carbocycles. The second-order valence-corrected chi connectivity index (χ2v) is 7.32. The van der Waals surface area contributed by atoms with Crippen LogP contribution >= 0.6 is 0 Å². The number of carboxylic acid groups (broad SMARTS) is 1. The van der Waals surface area contributed by atoms with Gasteiger partial charge in [0, 0.05) is 6.04 Å². The van der Waals surface area contributed by atoms with Gasteiger partial charge in [0.25, 0.3) is 0 Å². The zero-order valence-corrected chi connectivity index (χ0v) is 13.7. The molecule has 0 aliphatic heterocycles. The summed E-state index contributed by atoms with van der Waals surface area (Å²) in [6, 6.07) is 0.712. The summed E-state index contributed by atoms with van der Waals surface area (Å²) in [6.07, 6.45) is 13.6. The van der Waals surface area contributed by atoms with E-state index in [0.29, 0.717) is 12.0 Å². The lowest BCUT2D eigenvalue weighted by atomic mass is 9.82. The van der Waals surface area contributed by atoms with Crippen LogP contribution < -0.4 is 5.32 Å². The Morgan fingerprint density at radius 2 is 1.71 bits per heavy atom. The Hall–Kier alpha value is -0.570. The van der Waals surface area contributed by atoms with Gasteiger partial charge in [-0.2, -0.15) is 0 Å². The van der Waals surface area contributed by atoms with Gasteiger partial charge in [0.1, 0.15) is 0 Å². The average molecular weight is 295 g/mol. The minimum Gasteiger partial charge on any atom is -0.481 e. The topological polar surface area (TPSA) is 49.3 Å². The van der Waals surface area contributed by atoms with Crippen LogP contribution in [0, 0.1) is 17.8 Å². The minimum absolute atomic E-state index is 0.0751. The third-order valence-corrected chi connectivity index (χ3v) is 5.68. The normalized spacial score (nSPS) is 34.3. The lowest BCUT2D eigenvalue weighted by molar-refractivity contribution is -0.143. The summed E-state index contributed by atoms with van der Waals surface area (Å²) in [5.41, 5.74) is 0. The maximum absolute atomic E-state index is 11.0. The van der Waals surface area contributed by atoms with E-state index < -0.39 is 5.97 Å². The number of hydrogen-bond acceptors (Lipinski definition) is 2. The molecule has 0 bridgehead atoms. The molecule has 0 aromatic heterocycles. The van der Waals surface area contributed by atoms with Crippen molar-refractivity contribution in [2.75, 3.05) is 6.54 Å².